The molecule has 9 heteroatoms. The first-order chi connectivity index (χ1) is 21.0. The molecule has 6 rings (SSSR count). The lowest BCUT2D eigenvalue weighted by Gasteiger charge is -2.32. The maximum Gasteiger partial charge on any atom is 0.401 e. The third-order valence-electron chi connectivity index (χ3n) is 7.64. The van der Waals surface area contributed by atoms with Crippen molar-refractivity contribution in [3.63, 3.8) is 0 Å². The third-order valence-corrected chi connectivity index (χ3v) is 8.60. The molecule has 0 aromatic heterocycles. The fourth-order valence-electron chi connectivity index (χ4n) is 5.62. The summed E-state index contributed by atoms with van der Waals surface area (Å²) < 4.78 is 63.0. The van der Waals surface area contributed by atoms with Gasteiger partial charge in [0.05, 0.1) is 33.0 Å². The van der Waals surface area contributed by atoms with Gasteiger partial charge < -0.3 is 18.9 Å². The highest BCUT2D eigenvalue weighted by atomic mass is 32.3. The average Bonchev–Trinajstić information content (AvgIpc) is 3.43. The van der Waals surface area contributed by atoms with Gasteiger partial charge in [-0.25, -0.2) is 8.37 Å². The van der Waals surface area contributed by atoms with Gasteiger partial charge in [0.25, 0.3) is 0 Å². The van der Waals surface area contributed by atoms with E-state index < -0.39 is 40.4 Å². The maximum atomic E-state index is 13.0. The smallest absolute Gasteiger partial charge is 0.373 e. The van der Waals surface area contributed by atoms with Crippen LogP contribution in [0.1, 0.15) is 22.3 Å². The number of hydrogen-bond acceptors (Lipinski definition) is 8. The van der Waals surface area contributed by atoms with Crippen LogP contribution in [-0.4, -0.2) is 45.0 Å². The van der Waals surface area contributed by atoms with Gasteiger partial charge in [-0.1, -0.05) is 121 Å². The van der Waals surface area contributed by atoms with Crippen LogP contribution in [0, 0.1) is 0 Å². The largest absolute Gasteiger partial charge is 0.401 e. The summed E-state index contributed by atoms with van der Waals surface area (Å²) in [7, 11) is -4.38. The number of benzene rings is 4. The summed E-state index contributed by atoms with van der Waals surface area (Å²) in [6, 6.07) is 38.7. The number of rotatable bonds is 13. The molecule has 43 heavy (non-hydrogen) atoms. The van der Waals surface area contributed by atoms with E-state index >= 15 is 0 Å². The van der Waals surface area contributed by atoms with Gasteiger partial charge in [0.15, 0.2) is 5.60 Å². The molecule has 5 atom stereocenters. The van der Waals surface area contributed by atoms with Crippen molar-refractivity contribution in [3.05, 3.63) is 144 Å². The van der Waals surface area contributed by atoms with Crippen molar-refractivity contribution in [2.45, 2.75) is 56.4 Å². The molecule has 0 N–H and O–H groups in total. The topological polar surface area (TPSA) is 89.5 Å². The molecule has 0 unspecified atom stereocenters. The molecule has 0 bridgehead atoms. The Balaban J connectivity index is 1.34. The van der Waals surface area contributed by atoms with Crippen molar-refractivity contribution in [3.8, 4) is 0 Å². The zero-order valence-electron chi connectivity index (χ0n) is 23.6. The van der Waals surface area contributed by atoms with Gasteiger partial charge >= 0.3 is 10.4 Å². The van der Waals surface area contributed by atoms with E-state index in [1.807, 2.05) is 121 Å². The van der Waals surface area contributed by atoms with E-state index in [1.54, 1.807) is 0 Å². The molecule has 1 saturated heterocycles. The van der Waals surface area contributed by atoms with Crippen molar-refractivity contribution >= 4 is 10.4 Å². The SMILES string of the molecule is O=S1(=O)O[C@H]2[C@H](OCc3ccccc3)[C@@H](OCc3ccccc3)[C@H](OCc3ccccc3)[C@@]2(COCc2ccccc2)O1. The van der Waals surface area contributed by atoms with Gasteiger partial charge in [-0.3, -0.25) is 0 Å². The van der Waals surface area contributed by atoms with Crippen LogP contribution in [0.15, 0.2) is 121 Å². The summed E-state index contributed by atoms with van der Waals surface area (Å²) >= 11 is 0. The van der Waals surface area contributed by atoms with Gasteiger partial charge in [-0.15, -0.1) is 0 Å². The zero-order chi connectivity index (χ0) is 29.5. The molecule has 0 amide bonds. The molecule has 1 saturated carbocycles. The fourth-order valence-corrected chi connectivity index (χ4v) is 6.80. The summed E-state index contributed by atoms with van der Waals surface area (Å²) in [6.45, 7) is 0.779. The fraction of sp³-hybridized carbons (Fsp3) is 0.294. The Morgan fingerprint density at radius 1 is 0.558 bits per heavy atom. The summed E-state index contributed by atoms with van der Waals surface area (Å²) in [6.07, 6.45) is -3.57. The molecule has 2 fully saturated rings. The molecule has 4 aromatic carbocycles. The molecule has 224 valence electrons. The first kappa shape index (κ1) is 29.7. The van der Waals surface area contributed by atoms with Gasteiger partial charge in [0.2, 0.25) is 0 Å². The molecule has 1 heterocycles. The lowest BCUT2D eigenvalue weighted by Crippen LogP contribution is -2.52. The number of fused-ring (bicyclic) bond motifs is 1. The Labute approximate surface area is 252 Å². The lowest BCUT2D eigenvalue weighted by atomic mass is 9.98. The van der Waals surface area contributed by atoms with Crippen molar-refractivity contribution in [1.29, 1.82) is 0 Å². The van der Waals surface area contributed by atoms with Crippen LogP contribution in [0.5, 0.6) is 0 Å². The summed E-state index contributed by atoms with van der Waals surface area (Å²) in [5, 5.41) is 0. The highest BCUT2D eigenvalue weighted by Crippen LogP contribution is 2.48. The van der Waals surface area contributed by atoms with E-state index in [9.17, 15) is 8.42 Å². The van der Waals surface area contributed by atoms with Crippen LogP contribution in [0.25, 0.3) is 0 Å². The molecule has 1 aliphatic carbocycles. The second-order valence-corrected chi connectivity index (χ2v) is 11.9. The van der Waals surface area contributed by atoms with Crippen molar-refractivity contribution < 1.29 is 35.7 Å². The minimum Gasteiger partial charge on any atom is -0.373 e. The van der Waals surface area contributed by atoms with Crippen LogP contribution in [0.2, 0.25) is 0 Å². The lowest BCUT2D eigenvalue weighted by molar-refractivity contribution is -0.161. The zero-order valence-corrected chi connectivity index (χ0v) is 24.4. The van der Waals surface area contributed by atoms with Crippen LogP contribution >= 0.6 is 0 Å². The molecule has 0 spiro atoms. The number of hydrogen-bond donors (Lipinski definition) is 0. The van der Waals surface area contributed by atoms with Crippen molar-refractivity contribution in [2.24, 2.45) is 0 Å². The quantitative estimate of drug-likeness (QED) is 0.202. The highest BCUT2D eigenvalue weighted by Gasteiger charge is 2.71. The van der Waals surface area contributed by atoms with E-state index in [-0.39, 0.29) is 33.0 Å². The molecular weight excluding hydrogens is 568 g/mol. The highest BCUT2D eigenvalue weighted by molar-refractivity contribution is 7.82. The third kappa shape index (κ3) is 7.05. The predicted molar refractivity (Wildman–Crippen MR) is 159 cm³/mol. The number of ether oxygens (including phenoxy) is 4. The Morgan fingerprint density at radius 3 is 1.47 bits per heavy atom. The van der Waals surface area contributed by atoms with E-state index in [1.165, 1.54) is 0 Å². The standard InChI is InChI=1S/C34H34O8S/c35-43(36)41-33-31(39-23-28-17-9-3-10-18-28)30(38-22-27-15-7-2-8-16-27)32(40-24-29-19-11-4-12-20-29)34(33,42-43)25-37-21-26-13-5-1-6-14-26/h1-20,30-33H,21-25H2/t30-,31-,32+,33+,34-/m1/s1. The maximum absolute atomic E-state index is 13.0. The normalized spacial score (nSPS) is 25.9. The van der Waals surface area contributed by atoms with Crippen molar-refractivity contribution in [2.75, 3.05) is 6.61 Å². The Kier molecular flexibility index (Phi) is 9.30. The molecular formula is C34H34O8S. The average molecular weight is 603 g/mol. The van der Waals surface area contributed by atoms with Crippen LogP contribution in [0.3, 0.4) is 0 Å². The van der Waals surface area contributed by atoms with Gasteiger partial charge in [0.1, 0.15) is 24.4 Å². The second kappa shape index (κ2) is 13.5. The van der Waals surface area contributed by atoms with Crippen LogP contribution in [0.4, 0.5) is 0 Å². The summed E-state index contributed by atoms with van der Waals surface area (Å²) in [5.41, 5.74) is 2.17. The van der Waals surface area contributed by atoms with Crippen molar-refractivity contribution in [1.82, 2.24) is 0 Å². The van der Waals surface area contributed by atoms with E-state index in [0.29, 0.717) is 0 Å². The molecule has 0 radical (unpaired) electrons. The summed E-state index contributed by atoms with van der Waals surface area (Å²) in [4.78, 5) is 0. The summed E-state index contributed by atoms with van der Waals surface area (Å²) in [5.74, 6) is 0. The minimum atomic E-state index is -4.38. The Morgan fingerprint density at radius 2 is 0.977 bits per heavy atom. The van der Waals surface area contributed by atoms with Gasteiger partial charge in [-0.2, -0.15) is 8.42 Å². The first-order valence-corrected chi connectivity index (χ1v) is 15.6. The Bertz CT molecular complexity index is 1540. The van der Waals surface area contributed by atoms with Crippen LogP contribution in [-0.2, 0) is 64.1 Å². The van der Waals surface area contributed by atoms with E-state index in [2.05, 4.69) is 0 Å². The van der Waals surface area contributed by atoms with E-state index in [0.717, 1.165) is 22.3 Å². The van der Waals surface area contributed by atoms with Gasteiger partial charge in [0, 0.05) is 0 Å². The predicted octanol–water partition coefficient (Wildman–Crippen LogP) is 5.37. The van der Waals surface area contributed by atoms with E-state index in [4.69, 9.17) is 27.3 Å². The second-order valence-electron chi connectivity index (χ2n) is 10.7. The van der Waals surface area contributed by atoms with Gasteiger partial charge in [-0.05, 0) is 22.3 Å². The Hall–Kier alpha value is -3.41. The molecule has 8 nitrogen and oxygen atoms in total. The molecule has 1 aliphatic heterocycles. The monoisotopic (exact) mass is 602 g/mol. The first-order valence-electron chi connectivity index (χ1n) is 14.2. The molecule has 2 aliphatic rings. The van der Waals surface area contributed by atoms with Crippen LogP contribution < -0.4 is 0 Å². The molecule has 4 aromatic rings. The minimum absolute atomic E-state index is 0.123.